The van der Waals surface area contributed by atoms with Gasteiger partial charge < -0.3 is 15.2 Å². The summed E-state index contributed by atoms with van der Waals surface area (Å²) in [6.07, 6.45) is 3.20. The van der Waals surface area contributed by atoms with Crippen LogP contribution in [0, 0.1) is 0 Å². The highest BCUT2D eigenvalue weighted by molar-refractivity contribution is 5.72. The number of aromatic nitrogens is 2. The van der Waals surface area contributed by atoms with Gasteiger partial charge in [-0.25, -0.2) is 9.97 Å². The molecule has 0 aliphatic heterocycles. The van der Waals surface area contributed by atoms with E-state index in [1.807, 2.05) is 18.2 Å². The number of carboxylic acid groups (broad SMARTS) is 1. The fourth-order valence-electron chi connectivity index (χ4n) is 1.52. The summed E-state index contributed by atoms with van der Waals surface area (Å²) >= 11 is 0. The van der Waals surface area contributed by atoms with Gasteiger partial charge in [-0.1, -0.05) is 12.1 Å². The smallest absolute Gasteiger partial charge is 0.321 e. The van der Waals surface area contributed by atoms with Crippen LogP contribution in [-0.2, 0) is 11.3 Å². The van der Waals surface area contributed by atoms with Gasteiger partial charge >= 0.3 is 12.0 Å². The zero-order chi connectivity index (χ0) is 14.4. The molecule has 1 aromatic carbocycles. The molecule has 0 aliphatic rings. The fraction of sp³-hybridized carbons (Fsp3) is 0.214. The highest BCUT2D eigenvalue weighted by Gasteiger charge is 2.09. The van der Waals surface area contributed by atoms with Crippen molar-refractivity contribution in [1.82, 2.24) is 15.3 Å². The molecule has 1 atom stereocenters. The minimum absolute atomic E-state index is 0.275. The molecule has 1 aromatic heterocycles. The molecule has 0 fully saturated rings. The van der Waals surface area contributed by atoms with Gasteiger partial charge in [0.25, 0.3) is 0 Å². The summed E-state index contributed by atoms with van der Waals surface area (Å²) in [4.78, 5) is 18.7. The van der Waals surface area contributed by atoms with Gasteiger partial charge in [0.05, 0.1) is 0 Å². The Labute approximate surface area is 116 Å². The summed E-state index contributed by atoms with van der Waals surface area (Å²) < 4.78 is 5.51. The molecule has 0 spiro atoms. The van der Waals surface area contributed by atoms with E-state index in [0.29, 0.717) is 12.3 Å². The van der Waals surface area contributed by atoms with Gasteiger partial charge in [-0.15, -0.1) is 0 Å². The van der Waals surface area contributed by atoms with Crippen molar-refractivity contribution in [3.63, 3.8) is 0 Å². The number of hydrogen-bond acceptors (Lipinski definition) is 5. The number of ether oxygens (including phenoxy) is 1. The Morgan fingerprint density at radius 3 is 2.80 bits per heavy atom. The third-order valence-electron chi connectivity index (χ3n) is 2.63. The van der Waals surface area contributed by atoms with Crippen molar-refractivity contribution in [2.75, 3.05) is 0 Å². The number of aliphatic carboxylic acids is 1. The SMILES string of the molecule is C[C@@H](NCc1cccc(Oc2ncccn2)c1)C(=O)O. The molecule has 0 radical (unpaired) electrons. The number of nitrogens with one attached hydrogen (secondary N) is 1. The third kappa shape index (κ3) is 4.03. The average molecular weight is 273 g/mol. The van der Waals surface area contributed by atoms with Crippen LogP contribution >= 0.6 is 0 Å². The first-order valence-corrected chi connectivity index (χ1v) is 6.15. The Kier molecular flexibility index (Phi) is 4.62. The molecule has 2 rings (SSSR count). The summed E-state index contributed by atoms with van der Waals surface area (Å²) in [7, 11) is 0. The molecule has 6 heteroatoms. The second-order valence-electron chi connectivity index (χ2n) is 4.22. The van der Waals surface area contributed by atoms with E-state index in [2.05, 4.69) is 15.3 Å². The minimum atomic E-state index is -0.880. The summed E-state index contributed by atoms with van der Waals surface area (Å²) in [5.41, 5.74) is 0.923. The second kappa shape index (κ2) is 6.63. The lowest BCUT2D eigenvalue weighted by Crippen LogP contribution is -2.33. The Morgan fingerprint density at radius 1 is 1.35 bits per heavy atom. The van der Waals surface area contributed by atoms with Crippen molar-refractivity contribution >= 4 is 5.97 Å². The van der Waals surface area contributed by atoms with Crippen molar-refractivity contribution in [2.45, 2.75) is 19.5 Å². The molecule has 0 unspecified atom stereocenters. The summed E-state index contributed by atoms with van der Waals surface area (Å²) in [6, 6.07) is 8.72. The summed E-state index contributed by atoms with van der Waals surface area (Å²) in [5, 5.41) is 11.7. The Balaban J connectivity index is 1.99. The van der Waals surface area contributed by atoms with E-state index in [1.54, 1.807) is 31.5 Å². The second-order valence-corrected chi connectivity index (χ2v) is 4.22. The van der Waals surface area contributed by atoms with E-state index in [0.717, 1.165) is 5.56 Å². The van der Waals surface area contributed by atoms with Gasteiger partial charge in [-0.2, -0.15) is 0 Å². The Morgan fingerprint density at radius 2 is 2.10 bits per heavy atom. The molecule has 1 heterocycles. The monoisotopic (exact) mass is 273 g/mol. The third-order valence-corrected chi connectivity index (χ3v) is 2.63. The lowest BCUT2D eigenvalue weighted by Gasteiger charge is -2.10. The largest absolute Gasteiger partial charge is 0.480 e. The lowest BCUT2D eigenvalue weighted by atomic mass is 10.2. The molecule has 0 saturated heterocycles. The molecule has 0 saturated carbocycles. The Hall–Kier alpha value is -2.47. The molecule has 0 amide bonds. The van der Waals surface area contributed by atoms with E-state index < -0.39 is 12.0 Å². The zero-order valence-electron chi connectivity index (χ0n) is 11.0. The van der Waals surface area contributed by atoms with E-state index in [4.69, 9.17) is 9.84 Å². The predicted molar refractivity (Wildman–Crippen MR) is 72.5 cm³/mol. The van der Waals surface area contributed by atoms with Crippen molar-refractivity contribution < 1.29 is 14.6 Å². The molecule has 104 valence electrons. The summed E-state index contributed by atoms with van der Waals surface area (Å²) in [5.74, 6) is -0.270. The van der Waals surface area contributed by atoms with Crippen LogP contribution in [0.25, 0.3) is 0 Å². The predicted octanol–water partition coefficient (Wildman–Crippen LogP) is 1.83. The van der Waals surface area contributed by atoms with Crippen LogP contribution in [0.1, 0.15) is 12.5 Å². The van der Waals surface area contributed by atoms with E-state index >= 15 is 0 Å². The molecule has 0 aliphatic carbocycles. The molecule has 6 nitrogen and oxygen atoms in total. The van der Waals surface area contributed by atoms with E-state index in [9.17, 15) is 4.79 Å². The van der Waals surface area contributed by atoms with Crippen LogP contribution in [0.5, 0.6) is 11.8 Å². The molecular formula is C14H15N3O3. The maximum Gasteiger partial charge on any atom is 0.321 e. The van der Waals surface area contributed by atoms with Gasteiger partial charge in [0.1, 0.15) is 11.8 Å². The van der Waals surface area contributed by atoms with E-state index in [-0.39, 0.29) is 6.01 Å². The zero-order valence-corrected chi connectivity index (χ0v) is 11.0. The first-order valence-electron chi connectivity index (χ1n) is 6.15. The van der Waals surface area contributed by atoms with Crippen LogP contribution in [-0.4, -0.2) is 27.1 Å². The maximum atomic E-state index is 10.7. The molecule has 0 bridgehead atoms. The number of hydrogen-bond donors (Lipinski definition) is 2. The first-order chi connectivity index (χ1) is 9.65. The highest BCUT2D eigenvalue weighted by Crippen LogP contribution is 2.18. The van der Waals surface area contributed by atoms with Crippen molar-refractivity contribution in [1.29, 1.82) is 0 Å². The van der Waals surface area contributed by atoms with E-state index in [1.165, 1.54) is 0 Å². The standard InChI is InChI=1S/C14H15N3O3/c1-10(13(18)19)17-9-11-4-2-5-12(8-11)20-14-15-6-3-7-16-14/h2-8,10,17H,9H2,1H3,(H,18,19)/t10-/m1/s1. The highest BCUT2D eigenvalue weighted by atomic mass is 16.5. The number of rotatable bonds is 6. The van der Waals surface area contributed by atoms with Crippen molar-refractivity contribution in [3.8, 4) is 11.8 Å². The van der Waals surface area contributed by atoms with Crippen molar-refractivity contribution in [3.05, 3.63) is 48.3 Å². The van der Waals surface area contributed by atoms with Crippen LogP contribution in [0.15, 0.2) is 42.7 Å². The maximum absolute atomic E-state index is 10.7. The van der Waals surface area contributed by atoms with Gasteiger partial charge in [-0.05, 0) is 30.7 Å². The topological polar surface area (TPSA) is 84.3 Å². The van der Waals surface area contributed by atoms with Crippen LogP contribution in [0.4, 0.5) is 0 Å². The number of carboxylic acids is 1. The van der Waals surface area contributed by atoms with Gasteiger partial charge in [0.2, 0.25) is 0 Å². The van der Waals surface area contributed by atoms with Crippen LogP contribution in [0.3, 0.4) is 0 Å². The lowest BCUT2D eigenvalue weighted by molar-refractivity contribution is -0.139. The number of carbonyl (C=O) groups is 1. The number of nitrogens with zero attached hydrogens (tertiary/aromatic N) is 2. The van der Waals surface area contributed by atoms with Crippen molar-refractivity contribution in [2.24, 2.45) is 0 Å². The minimum Gasteiger partial charge on any atom is -0.480 e. The molecule has 20 heavy (non-hydrogen) atoms. The van der Waals surface area contributed by atoms with Gasteiger partial charge in [0.15, 0.2) is 0 Å². The van der Waals surface area contributed by atoms with Crippen LogP contribution < -0.4 is 10.1 Å². The molecule has 2 N–H and O–H groups in total. The Bertz CT molecular complexity index is 575. The van der Waals surface area contributed by atoms with Gasteiger partial charge in [-0.3, -0.25) is 4.79 Å². The number of benzene rings is 1. The average Bonchev–Trinajstić information content (AvgIpc) is 2.46. The fourth-order valence-corrected chi connectivity index (χ4v) is 1.52. The van der Waals surface area contributed by atoms with Gasteiger partial charge in [0, 0.05) is 18.9 Å². The molecular weight excluding hydrogens is 258 g/mol. The molecule has 2 aromatic rings. The normalized spacial score (nSPS) is 11.8. The first kappa shape index (κ1) is 14.0. The quantitative estimate of drug-likeness (QED) is 0.835. The summed E-state index contributed by atoms with van der Waals surface area (Å²) in [6.45, 7) is 2.04. The van der Waals surface area contributed by atoms with Crippen LogP contribution in [0.2, 0.25) is 0 Å².